The molecule has 1 saturated heterocycles. The SMILES string of the molecule is C[C@H](OC(=O)[C@H]1CC(=O)N(Cc2ccco2)C1)C(=O)Nc1ccc(C#N)cc1. The molecule has 0 unspecified atom stereocenters. The number of hydrogen-bond donors (Lipinski definition) is 1. The van der Waals surface area contributed by atoms with Crippen LogP contribution < -0.4 is 5.32 Å². The summed E-state index contributed by atoms with van der Waals surface area (Å²) in [5.41, 5.74) is 0.968. The van der Waals surface area contributed by atoms with Crippen LogP contribution in [0, 0.1) is 17.2 Å². The molecule has 1 aliphatic rings. The number of anilines is 1. The van der Waals surface area contributed by atoms with E-state index in [4.69, 9.17) is 14.4 Å². The largest absolute Gasteiger partial charge is 0.467 e. The van der Waals surface area contributed by atoms with E-state index in [0.29, 0.717) is 23.6 Å². The Hall–Kier alpha value is -3.60. The summed E-state index contributed by atoms with van der Waals surface area (Å²) in [4.78, 5) is 38.2. The lowest BCUT2D eigenvalue weighted by Gasteiger charge is -2.17. The normalized spacial score (nSPS) is 17.1. The number of amides is 2. The number of ether oxygens (including phenoxy) is 1. The average Bonchev–Trinajstić information content (AvgIpc) is 3.32. The van der Waals surface area contributed by atoms with E-state index in [1.165, 1.54) is 18.1 Å². The number of nitrogens with one attached hydrogen (secondary N) is 1. The van der Waals surface area contributed by atoms with Gasteiger partial charge < -0.3 is 19.4 Å². The maximum Gasteiger partial charge on any atom is 0.312 e. The highest BCUT2D eigenvalue weighted by molar-refractivity contribution is 5.95. The number of furan rings is 1. The van der Waals surface area contributed by atoms with Gasteiger partial charge in [-0.3, -0.25) is 14.4 Å². The molecule has 8 heteroatoms. The molecule has 1 fully saturated rings. The van der Waals surface area contributed by atoms with Crippen LogP contribution in [0.25, 0.3) is 0 Å². The van der Waals surface area contributed by atoms with E-state index in [-0.39, 0.29) is 18.9 Å². The molecule has 1 aliphatic heterocycles. The van der Waals surface area contributed by atoms with Crippen molar-refractivity contribution in [2.75, 3.05) is 11.9 Å². The van der Waals surface area contributed by atoms with Crippen LogP contribution in [0.3, 0.4) is 0 Å². The Balaban J connectivity index is 1.51. The molecular formula is C20H19N3O5. The first-order chi connectivity index (χ1) is 13.5. The van der Waals surface area contributed by atoms with Crippen molar-refractivity contribution >= 4 is 23.5 Å². The van der Waals surface area contributed by atoms with Crippen LogP contribution in [0.2, 0.25) is 0 Å². The van der Waals surface area contributed by atoms with Crippen molar-refractivity contribution in [3.63, 3.8) is 0 Å². The molecular weight excluding hydrogens is 362 g/mol. The van der Waals surface area contributed by atoms with Crippen LogP contribution in [0.5, 0.6) is 0 Å². The Kier molecular flexibility index (Phi) is 5.75. The minimum absolute atomic E-state index is 0.0451. The lowest BCUT2D eigenvalue weighted by atomic mass is 10.1. The van der Waals surface area contributed by atoms with Gasteiger partial charge in [0.15, 0.2) is 6.10 Å². The molecule has 1 N–H and O–H groups in total. The zero-order chi connectivity index (χ0) is 20.1. The van der Waals surface area contributed by atoms with Crippen LogP contribution in [-0.4, -0.2) is 35.3 Å². The van der Waals surface area contributed by atoms with Crippen molar-refractivity contribution in [3.05, 3.63) is 54.0 Å². The molecule has 0 radical (unpaired) electrons. The molecule has 0 saturated carbocycles. The van der Waals surface area contributed by atoms with E-state index in [2.05, 4.69) is 5.32 Å². The Labute approximate surface area is 161 Å². The minimum atomic E-state index is -1.02. The van der Waals surface area contributed by atoms with E-state index in [1.807, 2.05) is 6.07 Å². The van der Waals surface area contributed by atoms with E-state index in [0.717, 1.165) is 0 Å². The number of hydrogen-bond acceptors (Lipinski definition) is 6. The smallest absolute Gasteiger partial charge is 0.312 e. The van der Waals surface area contributed by atoms with E-state index < -0.39 is 23.9 Å². The van der Waals surface area contributed by atoms with Crippen LogP contribution in [-0.2, 0) is 25.7 Å². The molecule has 1 aromatic heterocycles. The highest BCUT2D eigenvalue weighted by atomic mass is 16.5. The third kappa shape index (κ3) is 4.57. The van der Waals surface area contributed by atoms with Gasteiger partial charge in [0, 0.05) is 18.7 Å². The predicted octanol–water partition coefficient (Wildman–Crippen LogP) is 2.07. The van der Waals surface area contributed by atoms with Crippen LogP contribution in [0.1, 0.15) is 24.7 Å². The van der Waals surface area contributed by atoms with Crippen LogP contribution >= 0.6 is 0 Å². The molecule has 2 atom stereocenters. The van der Waals surface area contributed by atoms with Crippen molar-refractivity contribution in [1.29, 1.82) is 5.26 Å². The molecule has 28 heavy (non-hydrogen) atoms. The third-order valence-electron chi connectivity index (χ3n) is 4.42. The minimum Gasteiger partial charge on any atom is -0.467 e. The van der Waals surface area contributed by atoms with Gasteiger partial charge in [0.05, 0.1) is 30.4 Å². The van der Waals surface area contributed by atoms with Gasteiger partial charge >= 0.3 is 5.97 Å². The summed E-state index contributed by atoms with van der Waals surface area (Å²) in [6.45, 7) is 1.99. The highest BCUT2D eigenvalue weighted by Gasteiger charge is 2.36. The van der Waals surface area contributed by atoms with Crippen LogP contribution in [0.15, 0.2) is 47.1 Å². The Morgan fingerprint density at radius 2 is 2.11 bits per heavy atom. The number of rotatable bonds is 6. The number of likely N-dealkylation sites (tertiary alicyclic amines) is 1. The number of nitriles is 1. The van der Waals surface area contributed by atoms with Crippen molar-refractivity contribution in [2.45, 2.75) is 26.0 Å². The summed E-state index contributed by atoms with van der Waals surface area (Å²) < 4.78 is 10.5. The molecule has 144 valence electrons. The topological polar surface area (TPSA) is 113 Å². The Morgan fingerprint density at radius 3 is 2.75 bits per heavy atom. The molecule has 1 aromatic carbocycles. The van der Waals surface area contributed by atoms with Crippen molar-refractivity contribution in [3.8, 4) is 6.07 Å². The van der Waals surface area contributed by atoms with Gasteiger partial charge in [-0.1, -0.05) is 0 Å². The fourth-order valence-corrected chi connectivity index (χ4v) is 2.87. The monoisotopic (exact) mass is 381 g/mol. The van der Waals surface area contributed by atoms with Gasteiger partial charge in [-0.15, -0.1) is 0 Å². The van der Waals surface area contributed by atoms with E-state index in [9.17, 15) is 14.4 Å². The summed E-state index contributed by atoms with van der Waals surface area (Å²) >= 11 is 0. The van der Waals surface area contributed by atoms with Gasteiger partial charge in [0.25, 0.3) is 5.91 Å². The quantitative estimate of drug-likeness (QED) is 0.767. The Morgan fingerprint density at radius 1 is 1.36 bits per heavy atom. The van der Waals surface area contributed by atoms with Crippen molar-refractivity contribution in [2.24, 2.45) is 5.92 Å². The van der Waals surface area contributed by atoms with Crippen molar-refractivity contribution in [1.82, 2.24) is 4.90 Å². The zero-order valence-corrected chi connectivity index (χ0v) is 15.3. The first kappa shape index (κ1) is 19.2. The van der Waals surface area contributed by atoms with E-state index >= 15 is 0 Å². The maximum atomic E-state index is 12.3. The highest BCUT2D eigenvalue weighted by Crippen LogP contribution is 2.22. The second-order valence-corrected chi connectivity index (χ2v) is 6.51. The second kappa shape index (κ2) is 8.39. The summed E-state index contributed by atoms with van der Waals surface area (Å²) in [6, 6.07) is 11.8. The molecule has 0 bridgehead atoms. The number of nitrogens with zero attached hydrogens (tertiary/aromatic N) is 2. The standard InChI is InChI=1S/C20H19N3O5/c1-13(19(25)22-16-6-4-14(10-21)5-7-16)28-20(26)15-9-18(24)23(11-15)12-17-3-2-8-27-17/h2-8,13,15H,9,11-12H2,1H3,(H,22,25)/t13-,15-/m0/s1. The average molecular weight is 381 g/mol. The molecule has 2 heterocycles. The maximum absolute atomic E-state index is 12.3. The fraction of sp³-hybridized carbons (Fsp3) is 0.300. The first-order valence-electron chi connectivity index (χ1n) is 8.78. The van der Waals surface area contributed by atoms with Crippen LogP contribution in [0.4, 0.5) is 5.69 Å². The van der Waals surface area contributed by atoms with Gasteiger partial charge in [-0.2, -0.15) is 5.26 Å². The lowest BCUT2D eigenvalue weighted by Crippen LogP contribution is -2.33. The van der Waals surface area contributed by atoms with Crippen molar-refractivity contribution < 1.29 is 23.5 Å². The molecule has 8 nitrogen and oxygen atoms in total. The summed E-state index contributed by atoms with van der Waals surface area (Å²) in [6.07, 6.45) is 0.552. The lowest BCUT2D eigenvalue weighted by molar-refractivity contribution is -0.157. The molecule has 2 amide bonds. The number of carbonyl (C=O) groups is 3. The van der Waals surface area contributed by atoms with Gasteiger partial charge in [-0.05, 0) is 43.3 Å². The molecule has 3 rings (SSSR count). The summed E-state index contributed by atoms with van der Waals surface area (Å²) in [5, 5.41) is 11.4. The molecule has 0 spiro atoms. The number of esters is 1. The van der Waals surface area contributed by atoms with Gasteiger partial charge in [0.1, 0.15) is 5.76 Å². The third-order valence-corrected chi connectivity index (χ3v) is 4.42. The second-order valence-electron chi connectivity index (χ2n) is 6.51. The van der Waals surface area contributed by atoms with Gasteiger partial charge in [-0.25, -0.2) is 0 Å². The summed E-state index contributed by atoms with van der Waals surface area (Å²) in [5.74, 6) is -1.22. The fourth-order valence-electron chi connectivity index (χ4n) is 2.87. The van der Waals surface area contributed by atoms with Gasteiger partial charge in [0.2, 0.25) is 5.91 Å². The predicted molar refractivity (Wildman–Crippen MR) is 97.6 cm³/mol. The Bertz CT molecular complexity index is 899. The molecule has 2 aromatic rings. The summed E-state index contributed by atoms with van der Waals surface area (Å²) in [7, 11) is 0. The van der Waals surface area contributed by atoms with E-state index in [1.54, 1.807) is 36.4 Å². The number of carbonyl (C=O) groups excluding carboxylic acids is 3. The number of benzene rings is 1. The first-order valence-corrected chi connectivity index (χ1v) is 8.78. The molecule has 0 aliphatic carbocycles. The zero-order valence-electron chi connectivity index (χ0n) is 15.3.